The van der Waals surface area contributed by atoms with Crippen molar-refractivity contribution in [3.8, 4) is 5.75 Å². The van der Waals surface area contributed by atoms with E-state index in [2.05, 4.69) is 13.2 Å². The first-order valence-corrected chi connectivity index (χ1v) is 16.6. The highest BCUT2D eigenvalue weighted by atomic mass is 16.5. The molecular weight excluding hydrogens is 584 g/mol. The van der Waals surface area contributed by atoms with Gasteiger partial charge in [-0.1, -0.05) is 63.1 Å². The summed E-state index contributed by atoms with van der Waals surface area (Å²) in [5, 5.41) is 0. The van der Waals surface area contributed by atoms with E-state index >= 15 is 0 Å². The third-order valence-electron chi connectivity index (χ3n) is 8.15. The minimum Gasteiger partial charge on any atom is -0.463 e. The van der Waals surface area contributed by atoms with E-state index in [-0.39, 0.29) is 35.9 Å². The van der Waals surface area contributed by atoms with Crippen LogP contribution >= 0.6 is 0 Å². The second kappa shape index (κ2) is 20.8. The Morgan fingerprint density at radius 2 is 1.11 bits per heavy atom. The molecule has 0 aromatic heterocycles. The lowest BCUT2D eigenvalue weighted by Gasteiger charge is -2.27. The summed E-state index contributed by atoms with van der Waals surface area (Å²) < 4.78 is 21.4. The highest BCUT2D eigenvalue weighted by Crippen LogP contribution is 2.29. The first-order chi connectivity index (χ1) is 22.4. The van der Waals surface area contributed by atoms with Crippen molar-refractivity contribution in [3.63, 3.8) is 0 Å². The molecule has 1 aliphatic rings. The van der Waals surface area contributed by atoms with Gasteiger partial charge in [0.2, 0.25) is 0 Å². The molecule has 3 rings (SSSR count). The number of carbonyl (C=O) groups excluding carboxylic acids is 4. The Bertz CT molecular complexity index is 1260. The third-order valence-corrected chi connectivity index (χ3v) is 8.15. The Kier molecular flexibility index (Phi) is 16.4. The molecule has 0 aliphatic heterocycles. The van der Waals surface area contributed by atoms with Crippen molar-refractivity contribution < 1.29 is 38.1 Å². The molecule has 248 valence electrons. The average molecular weight is 633 g/mol. The molecule has 2 aromatic carbocycles. The molecule has 0 unspecified atom stereocenters. The Labute approximate surface area is 273 Å². The van der Waals surface area contributed by atoms with Crippen molar-refractivity contribution in [2.75, 3.05) is 13.2 Å². The quantitative estimate of drug-likeness (QED) is 0.0481. The second-order valence-corrected chi connectivity index (χ2v) is 11.7. The predicted molar refractivity (Wildman–Crippen MR) is 176 cm³/mol. The minimum absolute atomic E-state index is 0.205. The van der Waals surface area contributed by atoms with Gasteiger partial charge in [0.05, 0.1) is 24.7 Å². The van der Waals surface area contributed by atoms with Gasteiger partial charge in [-0.15, -0.1) is 0 Å². The van der Waals surface area contributed by atoms with Gasteiger partial charge in [0.1, 0.15) is 11.9 Å². The fraction of sp³-hybridized carbons (Fsp3) is 0.474. The van der Waals surface area contributed by atoms with Gasteiger partial charge < -0.3 is 18.9 Å². The molecule has 0 bridgehead atoms. The molecule has 8 nitrogen and oxygen atoms in total. The summed E-state index contributed by atoms with van der Waals surface area (Å²) in [6, 6.07) is 15.2. The molecule has 0 atom stereocenters. The van der Waals surface area contributed by atoms with Crippen molar-refractivity contribution in [3.05, 3.63) is 90.5 Å². The maximum Gasteiger partial charge on any atom is 0.338 e. The number of unbranched alkanes of at least 4 members (excludes halogenated alkanes) is 6. The van der Waals surface area contributed by atoms with Crippen LogP contribution in [0.4, 0.5) is 0 Å². The van der Waals surface area contributed by atoms with Gasteiger partial charge in [0.25, 0.3) is 0 Å². The fourth-order valence-electron chi connectivity index (χ4n) is 5.40. The van der Waals surface area contributed by atoms with Crippen LogP contribution in [0.25, 0.3) is 0 Å². The summed E-state index contributed by atoms with van der Waals surface area (Å²) in [4.78, 5) is 47.6. The lowest BCUT2D eigenvalue weighted by molar-refractivity contribution is -0.141. The van der Waals surface area contributed by atoms with E-state index in [1.807, 2.05) is 48.5 Å². The van der Waals surface area contributed by atoms with Crippen LogP contribution in [0.1, 0.15) is 98.5 Å². The Morgan fingerprint density at radius 1 is 0.630 bits per heavy atom. The molecule has 46 heavy (non-hydrogen) atoms. The zero-order valence-corrected chi connectivity index (χ0v) is 26.9. The van der Waals surface area contributed by atoms with Crippen LogP contribution in [0, 0.1) is 5.92 Å². The number of ether oxygens (including phenoxy) is 4. The Morgan fingerprint density at radius 3 is 1.61 bits per heavy atom. The summed E-state index contributed by atoms with van der Waals surface area (Å²) in [6.45, 7) is 7.61. The predicted octanol–water partition coefficient (Wildman–Crippen LogP) is 7.67. The number of hydrogen-bond donors (Lipinski definition) is 0. The molecule has 0 N–H and O–H groups in total. The van der Waals surface area contributed by atoms with Crippen LogP contribution in [0.5, 0.6) is 5.75 Å². The monoisotopic (exact) mass is 632 g/mol. The number of aryl methyl sites for hydroxylation is 2. The third kappa shape index (κ3) is 13.8. The molecular formula is C38H48O8. The number of esters is 4. The molecule has 2 aromatic rings. The SMILES string of the molecule is C=CC(=O)OCCCCCCc1ccc(OC(=O)C2CCC(OC(=O)c3ccc(CCCCCCOC(=O)C=C)cc3)CC2)cc1. The smallest absolute Gasteiger partial charge is 0.338 e. The van der Waals surface area contributed by atoms with Gasteiger partial charge in [-0.25, -0.2) is 14.4 Å². The van der Waals surface area contributed by atoms with Gasteiger partial charge in [0.15, 0.2) is 0 Å². The van der Waals surface area contributed by atoms with Crippen LogP contribution in [-0.2, 0) is 41.4 Å². The average Bonchev–Trinajstić information content (AvgIpc) is 3.08. The molecule has 0 saturated heterocycles. The van der Waals surface area contributed by atoms with E-state index in [9.17, 15) is 19.2 Å². The lowest BCUT2D eigenvalue weighted by atomic mass is 9.87. The Balaban J connectivity index is 1.27. The number of hydrogen-bond acceptors (Lipinski definition) is 8. The van der Waals surface area contributed by atoms with Crippen LogP contribution in [0.3, 0.4) is 0 Å². The molecule has 0 amide bonds. The molecule has 1 aliphatic carbocycles. The van der Waals surface area contributed by atoms with E-state index in [1.165, 1.54) is 23.3 Å². The van der Waals surface area contributed by atoms with E-state index in [4.69, 9.17) is 18.9 Å². The highest BCUT2D eigenvalue weighted by Gasteiger charge is 2.30. The van der Waals surface area contributed by atoms with Crippen molar-refractivity contribution >= 4 is 23.9 Å². The summed E-state index contributed by atoms with van der Waals surface area (Å²) in [5.41, 5.74) is 2.89. The lowest BCUT2D eigenvalue weighted by Crippen LogP contribution is -2.30. The van der Waals surface area contributed by atoms with Gasteiger partial charge in [-0.3, -0.25) is 4.79 Å². The van der Waals surface area contributed by atoms with E-state index < -0.39 is 0 Å². The summed E-state index contributed by atoms with van der Waals surface area (Å²) in [5.74, 6) is -0.991. The van der Waals surface area contributed by atoms with Gasteiger partial charge >= 0.3 is 23.9 Å². The second-order valence-electron chi connectivity index (χ2n) is 11.7. The molecule has 0 radical (unpaired) electrons. The Hall–Kier alpha value is -4.20. The van der Waals surface area contributed by atoms with Crippen molar-refractivity contribution in [1.29, 1.82) is 0 Å². The van der Waals surface area contributed by atoms with Crippen molar-refractivity contribution in [2.45, 2.75) is 96.0 Å². The molecule has 1 fully saturated rings. The van der Waals surface area contributed by atoms with Crippen LogP contribution < -0.4 is 4.74 Å². The van der Waals surface area contributed by atoms with Gasteiger partial charge in [-0.05, 0) is 99.6 Å². The van der Waals surface area contributed by atoms with Crippen LogP contribution in [-0.4, -0.2) is 43.2 Å². The first kappa shape index (κ1) is 36.3. The van der Waals surface area contributed by atoms with E-state index in [1.54, 1.807) is 0 Å². The number of benzene rings is 2. The van der Waals surface area contributed by atoms with Crippen LogP contribution in [0.15, 0.2) is 73.8 Å². The van der Waals surface area contributed by atoms with Crippen molar-refractivity contribution in [1.82, 2.24) is 0 Å². The maximum atomic E-state index is 12.8. The van der Waals surface area contributed by atoms with Crippen molar-refractivity contribution in [2.24, 2.45) is 5.92 Å². The minimum atomic E-state index is -0.382. The van der Waals surface area contributed by atoms with Crippen LogP contribution in [0.2, 0.25) is 0 Å². The van der Waals surface area contributed by atoms with E-state index in [0.717, 1.165) is 64.2 Å². The van der Waals surface area contributed by atoms with Gasteiger partial charge in [0, 0.05) is 12.2 Å². The maximum absolute atomic E-state index is 12.8. The standard InChI is InChI=1S/C38H48O8/c1-3-35(39)43-27-11-7-5-9-13-29-15-19-31(20-16-29)37(41)46-34-25-21-32(22-26-34)38(42)45-33-23-17-30(18-24-33)14-10-6-8-12-28-44-36(40)4-2/h3-4,15-20,23-24,32,34H,1-2,5-14,21-22,25-28H2. The molecule has 0 spiro atoms. The summed E-state index contributed by atoms with van der Waals surface area (Å²) >= 11 is 0. The fourth-order valence-corrected chi connectivity index (χ4v) is 5.40. The molecule has 1 saturated carbocycles. The molecule has 8 heteroatoms. The zero-order valence-electron chi connectivity index (χ0n) is 26.9. The highest BCUT2D eigenvalue weighted by molar-refractivity contribution is 5.89. The topological polar surface area (TPSA) is 105 Å². The normalized spacial score (nSPS) is 15.7. The zero-order chi connectivity index (χ0) is 33.0. The summed E-state index contributed by atoms with van der Waals surface area (Å²) in [6.07, 6.45) is 14.3. The van der Waals surface area contributed by atoms with Gasteiger partial charge in [-0.2, -0.15) is 0 Å². The first-order valence-electron chi connectivity index (χ1n) is 16.6. The number of carbonyl (C=O) groups is 4. The molecule has 0 heterocycles. The number of rotatable bonds is 20. The largest absolute Gasteiger partial charge is 0.463 e. The summed E-state index contributed by atoms with van der Waals surface area (Å²) in [7, 11) is 0. The van der Waals surface area contributed by atoms with E-state index in [0.29, 0.717) is 50.2 Å².